The van der Waals surface area contributed by atoms with Gasteiger partial charge in [-0.1, -0.05) is 12.5 Å². The molecular weight excluding hydrogens is 416 g/mol. The minimum atomic E-state index is -0.711. The average molecular weight is 439 g/mol. The Kier molecular flexibility index (Phi) is 6.09. The maximum Gasteiger partial charge on any atom is 0.269 e. The lowest BCUT2D eigenvalue weighted by molar-refractivity contribution is 0.0957. The molecule has 0 bridgehead atoms. The first-order valence-electron chi connectivity index (χ1n) is 10.4. The van der Waals surface area contributed by atoms with Crippen LogP contribution in [-0.2, 0) is 13.0 Å². The molecule has 9 heteroatoms. The van der Waals surface area contributed by atoms with E-state index >= 15 is 4.39 Å². The van der Waals surface area contributed by atoms with E-state index in [4.69, 9.17) is 0 Å². The number of aromatic amines is 1. The standard InChI is InChI=1S/C23H23F2N5O2/c1-3-14-9-18-20(29-22(14)31)19(24)16(10-27-18)12-30-7-6-13(11-30)8-15-4-5-17(23(32)26-2)28-21(15)25/h4-5,8-10H,3,6-7,11-12H2,1-2H3,(H,26,32)(H,29,31)/b13-8+. The number of halogens is 2. The second-order valence-corrected chi connectivity index (χ2v) is 7.75. The predicted octanol–water partition coefficient (Wildman–Crippen LogP) is 2.81. The molecule has 0 radical (unpaired) electrons. The SMILES string of the molecule is CCc1cc2ncc(CN3CC/C(=C\c4ccc(C(=O)NC)nc4F)C3)c(F)c2[nH]c1=O. The summed E-state index contributed by atoms with van der Waals surface area (Å²) >= 11 is 0. The predicted molar refractivity (Wildman–Crippen MR) is 117 cm³/mol. The van der Waals surface area contributed by atoms with E-state index in [1.54, 1.807) is 12.1 Å². The lowest BCUT2D eigenvalue weighted by Crippen LogP contribution is -2.20. The van der Waals surface area contributed by atoms with Gasteiger partial charge < -0.3 is 10.3 Å². The minimum absolute atomic E-state index is 0.0172. The fourth-order valence-corrected chi connectivity index (χ4v) is 3.84. The first-order chi connectivity index (χ1) is 15.4. The van der Waals surface area contributed by atoms with Crippen LogP contribution < -0.4 is 10.9 Å². The molecular formula is C23H23F2N5O2. The number of pyridine rings is 3. The van der Waals surface area contributed by atoms with Crippen molar-refractivity contribution in [1.82, 2.24) is 25.2 Å². The molecule has 0 unspecified atom stereocenters. The Labute approximate surface area is 183 Å². The highest BCUT2D eigenvalue weighted by Gasteiger charge is 2.20. The molecule has 0 aromatic carbocycles. The van der Waals surface area contributed by atoms with Gasteiger partial charge in [0.25, 0.3) is 11.5 Å². The Morgan fingerprint density at radius 3 is 2.84 bits per heavy atom. The highest BCUT2D eigenvalue weighted by Crippen LogP contribution is 2.24. The molecule has 1 amide bonds. The largest absolute Gasteiger partial charge is 0.354 e. The van der Waals surface area contributed by atoms with E-state index in [-0.39, 0.29) is 16.8 Å². The summed E-state index contributed by atoms with van der Waals surface area (Å²) in [6.45, 7) is 3.40. The third kappa shape index (κ3) is 4.29. The van der Waals surface area contributed by atoms with Crippen LogP contribution in [0.1, 0.15) is 40.5 Å². The maximum atomic E-state index is 15.0. The molecule has 1 fully saturated rings. The van der Waals surface area contributed by atoms with Crippen LogP contribution in [0.5, 0.6) is 0 Å². The lowest BCUT2D eigenvalue weighted by Gasteiger charge is -2.15. The van der Waals surface area contributed by atoms with Crippen molar-refractivity contribution in [1.29, 1.82) is 0 Å². The van der Waals surface area contributed by atoms with Gasteiger partial charge in [0.15, 0.2) is 5.82 Å². The van der Waals surface area contributed by atoms with Crippen molar-refractivity contribution in [3.8, 4) is 0 Å². The molecule has 0 atom stereocenters. The van der Waals surface area contributed by atoms with Crippen molar-refractivity contribution in [2.45, 2.75) is 26.3 Å². The van der Waals surface area contributed by atoms with E-state index in [2.05, 4.69) is 20.3 Å². The zero-order chi connectivity index (χ0) is 22.8. The third-order valence-electron chi connectivity index (χ3n) is 5.61. The van der Waals surface area contributed by atoms with Crippen LogP contribution in [0.3, 0.4) is 0 Å². The molecule has 4 rings (SSSR count). The van der Waals surface area contributed by atoms with Gasteiger partial charge in [-0.3, -0.25) is 19.5 Å². The van der Waals surface area contributed by atoms with Crippen molar-refractivity contribution >= 4 is 23.0 Å². The van der Waals surface area contributed by atoms with E-state index in [9.17, 15) is 14.0 Å². The number of nitrogens with one attached hydrogen (secondary N) is 2. The molecule has 32 heavy (non-hydrogen) atoms. The third-order valence-corrected chi connectivity index (χ3v) is 5.61. The lowest BCUT2D eigenvalue weighted by atomic mass is 10.1. The monoisotopic (exact) mass is 439 g/mol. The van der Waals surface area contributed by atoms with Gasteiger partial charge in [0, 0.05) is 49.6 Å². The van der Waals surface area contributed by atoms with Gasteiger partial charge >= 0.3 is 0 Å². The Morgan fingerprint density at radius 1 is 1.31 bits per heavy atom. The van der Waals surface area contributed by atoms with Crippen LogP contribution in [-0.4, -0.2) is 45.9 Å². The number of fused-ring (bicyclic) bond motifs is 1. The van der Waals surface area contributed by atoms with E-state index < -0.39 is 17.7 Å². The summed E-state index contributed by atoms with van der Waals surface area (Å²) in [7, 11) is 1.46. The Bertz CT molecular complexity index is 1290. The molecule has 1 aliphatic heterocycles. The first-order valence-corrected chi connectivity index (χ1v) is 10.4. The number of hydrogen-bond acceptors (Lipinski definition) is 5. The minimum Gasteiger partial charge on any atom is -0.354 e. The fraction of sp³-hybridized carbons (Fsp3) is 0.304. The van der Waals surface area contributed by atoms with Crippen LogP contribution in [0.25, 0.3) is 17.1 Å². The zero-order valence-electron chi connectivity index (χ0n) is 17.8. The van der Waals surface area contributed by atoms with Crippen molar-refractivity contribution in [2.75, 3.05) is 20.1 Å². The maximum absolute atomic E-state index is 15.0. The normalized spacial score (nSPS) is 15.6. The van der Waals surface area contributed by atoms with Gasteiger partial charge in [0.05, 0.1) is 5.52 Å². The summed E-state index contributed by atoms with van der Waals surface area (Å²) in [6.07, 6.45) is 4.47. The van der Waals surface area contributed by atoms with Crippen molar-refractivity contribution < 1.29 is 13.6 Å². The van der Waals surface area contributed by atoms with Gasteiger partial charge in [0.2, 0.25) is 5.95 Å². The summed E-state index contributed by atoms with van der Waals surface area (Å²) in [5.41, 5.74) is 2.49. The van der Waals surface area contributed by atoms with Gasteiger partial charge in [-0.25, -0.2) is 9.37 Å². The van der Waals surface area contributed by atoms with Crippen LogP contribution >= 0.6 is 0 Å². The number of aryl methyl sites for hydroxylation is 1. The van der Waals surface area contributed by atoms with Gasteiger partial charge in [-0.05, 0) is 37.1 Å². The molecule has 0 spiro atoms. The second-order valence-electron chi connectivity index (χ2n) is 7.75. The molecule has 7 nitrogen and oxygen atoms in total. The van der Waals surface area contributed by atoms with Gasteiger partial charge in [0.1, 0.15) is 11.2 Å². The summed E-state index contributed by atoms with van der Waals surface area (Å²) in [5, 5.41) is 2.41. The number of rotatable bonds is 5. The van der Waals surface area contributed by atoms with Crippen molar-refractivity contribution in [2.24, 2.45) is 0 Å². The van der Waals surface area contributed by atoms with Crippen LogP contribution in [0.15, 0.2) is 34.8 Å². The Balaban J connectivity index is 1.51. The number of carbonyl (C=O) groups excluding carboxylic acids is 1. The summed E-state index contributed by atoms with van der Waals surface area (Å²) in [5.74, 6) is -1.64. The number of hydrogen-bond donors (Lipinski definition) is 2. The van der Waals surface area contributed by atoms with Crippen LogP contribution in [0.4, 0.5) is 8.78 Å². The molecule has 166 valence electrons. The number of carbonyl (C=O) groups is 1. The molecule has 2 N–H and O–H groups in total. The van der Waals surface area contributed by atoms with Crippen LogP contribution in [0, 0.1) is 11.8 Å². The first kappa shape index (κ1) is 21.8. The Morgan fingerprint density at radius 2 is 2.12 bits per heavy atom. The summed E-state index contributed by atoms with van der Waals surface area (Å²) in [4.78, 5) is 36.3. The highest BCUT2D eigenvalue weighted by atomic mass is 19.1. The van der Waals surface area contributed by atoms with Crippen molar-refractivity contribution in [3.63, 3.8) is 0 Å². The average Bonchev–Trinajstić information content (AvgIpc) is 3.23. The number of nitrogens with zero attached hydrogens (tertiary/aromatic N) is 3. The molecule has 0 saturated carbocycles. The number of amides is 1. The summed E-state index contributed by atoms with van der Waals surface area (Å²) < 4.78 is 29.3. The van der Waals surface area contributed by atoms with Gasteiger partial charge in [-0.15, -0.1) is 0 Å². The number of H-pyrrole nitrogens is 1. The zero-order valence-corrected chi connectivity index (χ0v) is 17.8. The Hall–Kier alpha value is -3.46. The quantitative estimate of drug-likeness (QED) is 0.597. The van der Waals surface area contributed by atoms with Crippen LogP contribution in [0.2, 0.25) is 0 Å². The fourth-order valence-electron chi connectivity index (χ4n) is 3.84. The molecule has 3 aromatic heterocycles. The molecule has 1 saturated heterocycles. The van der Waals surface area contributed by atoms with E-state index in [1.165, 1.54) is 25.4 Å². The van der Waals surface area contributed by atoms with Gasteiger partial charge in [-0.2, -0.15) is 4.39 Å². The number of likely N-dealkylation sites (tertiary alicyclic amines) is 1. The summed E-state index contributed by atoms with van der Waals surface area (Å²) in [6, 6.07) is 4.62. The highest BCUT2D eigenvalue weighted by molar-refractivity contribution is 5.92. The topological polar surface area (TPSA) is 91.0 Å². The number of aromatic nitrogens is 3. The smallest absolute Gasteiger partial charge is 0.269 e. The molecule has 1 aliphatic rings. The van der Waals surface area contributed by atoms with E-state index in [0.717, 1.165) is 5.57 Å². The van der Waals surface area contributed by atoms with Crippen molar-refractivity contribution in [3.05, 3.63) is 74.5 Å². The molecule has 4 heterocycles. The van der Waals surface area contributed by atoms with E-state index in [1.807, 2.05) is 11.8 Å². The second kappa shape index (κ2) is 8.96. The molecule has 0 aliphatic carbocycles. The molecule has 3 aromatic rings. The van der Waals surface area contributed by atoms with E-state index in [0.29, 0.717) is 54.7 Å².